The van der Waals surface area contributed by atoms with Gasteiger partial charge in [0.15, 0.2) is 0 Å². The number of hydrogen-bond donors (Lipinski definition) is 3. The zero-order valence-corrected chi connectivity index (χ0v) is 21.0. The van der Waals surface area contributed by atoms with Crippen LogP contribution in [0.1, 0.15) is 33.6 Å². The molecule has 7 nitrogen and oxygen atoms in total. The minimum Gasteiger partial charge on any atom is -0.378 e. The van der Waals surface area contributed by atoms with Crippen molar-refractivity contribution in [3.05, 3.63) is 62.8 Å². The lowest BCUT2D eigenvalue weighted by molar-refractivity contribution is -0.137. The van der Waals surface area contributed by atoms with E-state index in [1.54, 1.807) is 17.0 Å². The molecule has 1 aliphatic carbocycles. The van der Waals surface area contributed by atoms with Gasteiger partial charge in [0.1, 0.15) is 0 Å². The molecule has 37 heavy (non-hydrogen) atoms. The van der Waals surface area contributed by atoms with Crippen LogP contribution in [0.5, 0.6) is 0 Å². The summed E-state index contributed by atoms with van der Waals surface area (Å²) in [5.41, 5.74) is 2.01. The molecular weight excluding hydrogens is 532 g/mol. The highest BCUT2D eigenvalue weighted by atomic mass is 35.5. The average Bonchev–Trinajstić information content (AvgIpc) is 3.25. The van der Waals surface area contributed by atoms with E-state index in [1.165, 1.54) is 6.07 Å². The maximum atomic E-state index is 13.3. The van der Waals surface area contributed by atoms with Crippen molar-refractivity contribution in [3.63, 3.8) is 0 Å². The van der Waals surface area contributed by atoms with Gasteiger partial charge in [-0.3, -0.25) is 4.79 Å². The van der Waals surface area contributed by atoms with Crippen molar-refractivity contribution >= 4 is 51.7 Å². The van der Waals surface area contributed by atoms with E-state index in [2.05, 4.69) is 15.6 Å². The molecule has 0 spiro atoms. The largest absolute Gasteiger partial charge is 0.417 e. The Labute approximate surface area is 220 Å². The number of H-pyrrole nitrogens is 1. The number of amides is 3. The molecule has 1 atom stereocenters. The van der Waals surface area contributed by atoms with Crippen LogP contribution >= 0.6 is 23.2 Å². The predicted molar refractivity (Wildman–Crippen MR) is 134 cm³/mol. The number of hydrogen-bond acceptors (Lipinski definition) is 3. The molecular formula is C25H23Cl2F3N4O3. The molecule has 2 heterocycles. The summed E-state index contributed by atoms with van der Waals surface area (Å²) in [6, 6.07) is 5.68. The van der Waals surface area contributed by atoms with Crippen LogP contribution in [0.15, 0.2) is 30.3 Å². The Morgan fingerprint density at radius 2 is 1.81 bits per heavy atom. The summed E-state index contributed by atoms with van der Waals surface area (Å²) in [7, 11) is 0. The maximum Gasteiger partial charge on any atom is 0.417 e. The monoisotopic (exact) mass is 554 g/mol. The molecule has 2 aliphatic rings. The second-order valence-electron chi connectivity index (χ2n) is 9.06. The van der Waals surface area contributed by atoms with E-state index in [9.17, 15) is 22.8 Å². The van der Waals surface area contributed by atoms with Gasteiger partial charge in [-0.15, -0.1) is 0 Å². The minimum absolute atomic E-state index is 0.0250. The molecule has 0 radical (unpaired) electrons. The van der Waals surface area contributed by atoms with E-state index in [1.807, 2.05) is 0 Å². The number of carbonyl (C=O) groups is 2. The van der Waals surface area contributed by atoms with Gasteiger partial charge in [-0.2, -0.15) is 13.2 Å². The van der Waals surface area contributed by atoms with Crippen LogP contribution < -0.4 is 10.6 Å². The molecule has 1 fully saturated rings. The van der Waals surface area contributed by atoms with Crippen molar-refractivity contribution in [2.24, 2.45) is 0 Å². The van der Waals surface area contributed by atoms with Crippen LogP contribution in [0.3, 0.4) is 0 Å². The smallest absolute Gasteiger partial charge is 0.378 e. The van der Waals surface area contributed by atoms with Crippen molar-refractivity contribution < 1.29 is 27.5 Å². The van der Waals surface area contributed by atoms with E-state index in [0.29, 0.717) is 61.7 Å². The fourth-order valence-electron chi connectivity index (χ4n) is 4.91. The number of urea groups is 1. The van der Waals surface area contributed by atoms with Gasteiger partial charge in [-0.25, -0.2) is 4.79 Å². The topological polar surface area (TPSA) is 86.5 Å². The number of anilines is 1. The molecule has 0 bridgehead atoms. The highest BCUT2D eigenvalue weighted by Crippen LogP contribution is 2.37. The average molecular weight is 555 g/mol. The Bertz CT molecular complexity index is 1370. The molecule has 3 amide bonds. The van der Waals surface area contributed by atoms with Crippen LogP contribution in [0, 0.1) is 0 Å². The number of aromatic nitrogens is 1. The van der Waals surface area contributed by atoms with E-state index in [-0.39, 0.29) is 17.6 Å². The first-order chi connectivity index (χ1) is 17.6. The molecule has 0 saturated carbocycles. The summed E-state index contributed by atoms with van der Waals surface area (Å²) in [6.45, 7) is 1.96. The standard InChI is InChI=1S/C25H23Cl2F3N4O3/c26-18-4-1-14(12-17(18)25(28,29)30)32-24(36)31-13-2-6-20-16(11-13)21-15(3-5-19(27)22(21)33-20)23(35)34-7-9-37-10-8-34/h1,3-5,12-13,33H,2,6-11H2,(H2,31,32,36). The Morgan fingerprint density at radius 1 is 1.08 bits per heavy atom. The van der Waals surface area contributed by atoms with E-state index < -0.39 is 22.8 Å². The second kappa shape index (κ2) is 10.1. The number of benzene rings is 2. The number of rotatable bonds is 3. The number of aromatic amines is 1. The van der Waals surface area contributed by atoms with Crippen molar-refractivity contribution in [3.8, 4) is 0 Å². The minimum atomic E-state index is -4.64. The number of halogens is 5. The quantitative estimate of drug-likeness (QED) is 0.391. The fraction of sp³-hybridized carbons (Fsp3) is 0.360. The molecule has 196 valence electrons. The van der Waals surface area contributed by atoms with Gasteiger partial charge < -0.3 is 25.3 Å². The van der Waals surface area contributed by atoms with E-state index in [0.717, 1.165) is 28.8 Å². The molecule has 1 aromatic heterocycles. The fourth-order valence-corrected chi connectivity index (χ4v) is 5.34. The third kappa shape index (κ3) is 5.23. The number of aryl methyl sites for hydroxylation is 1. The summed E-state index contributed by atoms with van der Waals surface area (Å²) in [6.07, 6.45) is -3.00. The van der Waals surface area contributed by atoms with Gasteiger partial charge in [-0.05, 0) is 55.2 Å². The van der Waals surface area contributed by atoms with Gasteiger partial charge >= 0.3 is 12.2 Å². The number of nitrogens with zero attached hydrogens (tertiary/aromatic N) is 1. The van der Waals surface area contributed by atoms with Gasteiger partial charge in [0, 0.05) is 41.5 Å². The molecule has 3 aromatic rings. The number of morpholine rings is 1. The molecule has 2 aromatic carbocycles. The summed E-state index contributed by atoms with van der Waals surface area (Å²) in [5, 5.41) is 6.08. The lowest BCUT2D eigenvalue weighted by Crippen LogP contribution is -2.41. The van der Waals surface area contributed by atoms with Crippen LogP contribution in [0.4, 0.5) is 23.7 Å². The Balaban J connectivity index is 1.36. The Kier molecular flexibility index (Phi) is 6.99. The third-order valence-corrected chi connectivity index (χ3v) is 7.33. The lowest BCUT2D eigenvalue weighted by Gasteiger charge is -2.28. The molecule has 1 unspecified atom stereocenters. The number of nitrogens with one attached hydrogen (secondary N) is 3. The summed E-state index contributed by atoms with van der Waals surface area (Å²) in [5.74, 6) is -0.109. The highest BCUT2D eigenvalue weighted by Gasteiger charge is 2.34. The summed E-state index contributed by atoms with van der Waals surface area (Å²) >= 11 is 12.1. The van der Waals surface area contributed by atoms with Crippen molar-refractivity contribution in [2.45, 2.75) is 31.5 Å². The Hall–Kier alpha value is -2.95. The van der Waals surface area contributed by atoms with Crippen LogP contribution in [-0.4, -0.2) is 54.2 Å². The zero-order valence-electron chi connectivity index (χ0n) is 19.5. The van der Waals surface area contributed by atoms with E-state index in [4.69, 9.17) is 27.9 Å². The summed E-state index contributed by atoms with van der Waals surface area (Å²) < 4.78 is 44.8. The number of carbonyl (C=O) groups excluding carboxylic acids is 2. The number of fused-ring (bicyclic) bond motifs is 3. The molecule has 5 rings (SSSR count). The first kappa shape index (κ1) is 25.7. The molecule has 1 saturated heterocycles. The molecule has 3 N–H and O–H groups in total. The predicted octanol–water partition coefficient (Wildman–Crippen LogP) is 5.64. The normalized spacial score (nSPS) is 18.0. The summed E-state index contributed by atoms with van der Waals surface area (Å²) in [4.78, 5) is 31.1. The Morgan fingerprint density at radius 3 is 2.54 bits per heavy atom. The molecule has 1 aliphatic heterocycles. The lowest BCUT2D eigenvalue weighted by atomic mass is 9.90. The van der Waals surface area contributed by atoms with Crippen LogP contribution in [0.25, 0.3) is 10.9 Å². The van der Waals surface area contributed by atoms with Crippen molar-refractivity contribution in [1.29, 1.82) is 0 Å². The van der Waals surface area contributed by atoms with Crippen molar-refractivity contribution in [1.82, 2.24) is 15.2 Å². The van der Waals surface area contributed by atoms with Crippen molar-refractivity contribution in [2.75, 3.05) is 31.6 Å². The highest BCUT2D eigenvalue weighted by molar-refractivity contribution is 6.36. The van der Waals surface area contributed by atoms with Crippen LogP contribution in [-0.2, 0) is 23.8 Å². The second-order valence-corrected chi connectivity index (χ2v) is 9.88. The van der Waals surface area contributed by atoms with E-state index >= 15 is 0 Å². The SMILES string of the molecule is O=C(Nc1ccc(Cl)c(C(F)(F)F)c1)NC1CCc2[nH]c3c(Cl)ccc(C(=O)N4CCOCC4)c3c2C1. The number of ether oxygens (including phenoxy) is 1. The molecule has 12 heteroatoms. The van der Waals surface area contributed by atoms with Gasteiger partial charge in [0.25, 0.3) is 5.91 Å². The first-order valence-electron chi connectivity index (χ1n) is 11.7. The third-order valence-electron chi connectivity index (χ3n) is 6.68. The van der Waals surface area contributed by atoms with Crippen LogP contribution in [0.2, 0.25) is 10.0 Å². The van der Waals surface area contributed by atoms with Gasteiger partial charge in [0.05, 0.1) is 34.3 Å². The van der Waals surface area contributed by atoms with Gasteiger partial charge in [0.2, 0.25) is 0 Å². The first-order valence-corrected chi connectivity index (χ1v) is 12.5. The maximum absolute atomic E-state index is 13.3. The zero-order chi connectivity index (χ0) is 26.3. The van der Waals surface area contributed by atoms with Gasteiger partial charge in [-0.1, -0.05) is 23.2 Å². The number of alkyl halides is 3.